The standard InChI is InChI=1S/C15H21N3OS/c1-15(2,3)16-8-7-13-17-18-14(19-13)12-9-10-5-4-6-11(10)20-12/h9,16H,4-8H2,1-3H3. The maximum Gasteiger partial charge on any atom is 0.257 e. The highest BCUT2D eigenvalue weighted by molar-refractivity contribution is 7.15. The third kappa shape index (κ3) is 3.10. The van der Waals surface area contributed by atoms with E-state index in [-0.39, 0.29) is 5.54 Å². The first-order valence-corrected chi connectivity index (χ1v) is 8.02. The van der Waals surface area contributed by atoms with Gasteiger partial charge in [0.15, 0.2) is 0 Å². The molecule has 108 valence electrons. The molecular weight excluding hydrogens is 270 g/mol. The summed E-state index contributed by atoms with van der Waals surface area (Å²) in [6.07, 6.45) is 4.46. The van der Waals surface area contributed by atoms with Crippen molar-refractivity contribution in [1.29, 1.82) is 0 Å². The maximum absolute atomic E-state index is 5.77. The van der Waals surface area contributed by atoms with E-state index < -0.39 is 0 Å². The van der Waals surface area contributed by atoms with Crippen molar-refractivity contribution in [3.8, 4) is 10.8 Å². The molecule has 2 aromatic rings. The highest BCUT2D eigenvalue weighted by Crippen LogP contribution is 2.35. The van der Waals surface area contributed by atoms with Crippen LogP contribution in [0, 0.1) is 0 Å². The van der Waals surface area contributed by atoms with Gasteiger partial charge in [-0.25, -0.2) is 0 Å². The average molecular weight is 291 g/mol. The van der Waals surface area contributed by atoms with E-state index in [2.05, 4.69) is 42.4 Å². The first kappa shape index (κ1) is 13.8. The Hall–Kier alpha value is -1.20. The van der Waals surface area contributed by atoms with Crippen LogP contribution in [0.3, 0.4) is 0 Å². The number of fused-ring (bicyclic) bond motifs is 1. The van der Waals surface area contributed by atoms with Gasteiger partial charge in [0.25, 0.3) is 5.89 Å². The minimum absolute atomic E-state index is 0.122. The summed E-state index contributed by atoms with van der Waals surface area (Å²) in [5, 5.41) is 11.8. The van der Waals surface area contributed by atoms with E-state index in [0.29, 0.717) is 11.8 Å². The zero-order chi connectivity index (χ0) is 14.2. The Morgan fingerprint density at radius 2 is 2.15 bits per heavy atom. The quantitative estimate of drug-likeness (QED) is 0.939. The molecule has 20 heavy (non-hydrogen) atoms. The Labute approximate surface area is 123 Å². The number of hydrogen-bond acceptors (Lipinski definition) is 5. The van der Waals surface area contributed by atoms with E-state index in [1.807, 2.05) is 0 Å². The number of thiophene rings is 1. The van der Waals surface area contributed by atoms with E-state index in [4.69, 9.17) is 4.42 Å². The van der Waals surface area contributed by atoms with Gasteiger partial charge in [-0.15, -0.1) is 21.5 Å². The molecule has 2 heterocycles. The number of rotatable bonds is 4. The molecule has 0 aliphatic heterocycles. The second-order valence-electron chi connectivity index (χ2n) is 6.34. The van der Waals surface area contributed by atoms with Crippen LogP contribution in [0.2, 0.25) is 0 Å². The summed E-state index contributed by atoms with van der Waals surface area (Å²) < 4.78 is 5.77. The Balaban J connectivity index is 1.64. The van der Waals surface area contributed by atoms with Gasteiger partial charge in [0.1, 0.15) is 0 Å². The molecule has 0 amide bonds. The molecule has 0 atom stereocenters. The lowest BCUT2D eigenvalue weighted by molar-refractivity contribution is 0.412. The third-order valence-corrected chi connectivity index (χ3v) is 4.64. The monoisotopic (exact) mass is 291 g/mol. The van der Waals surface area contributed by atoms with Crippen molar-refractivity contribution in [1.82, 2.24) is 15.5 Å². The zero-order valence-electron chi connectivity index (χ0n) is 12.3. The van der Waals surface area contributed by atoms with Crippen LogP contribution < -0.4 is 5.32 Å². The van der Waals surface area contributed by atoms with Crippen molar-refractivity contribution in [3.05, 3.63) is 22.4 Å². The van der Waals surface area contributed by atoms with Crippen LogP contribution in [0.25, 0.3) is 10.8 Å². The predicted octanol–water partition coefficient (Wildman–Crippen LogP) is 3.22. The van der Waals surface area contributed by atoms with Crippen molar-refractivity contribution in [2.75, 3.05) is 6.54 Å². The van der Waals surface area contributed by atoms with Crippen LogP contribution in [-0.4, -0.2) is 22.3 Å². The van der Waals surface area contributed by atoms with Gasteiger partial charge in [0.2, 0.25) is 5.89 Å². The Kier molecular flexibility index (Phi) is 3.65. The van der Waals surface area contributed by atoms with E-state index in [1.54, 1.807) is 11.3 Å². The summed E-state index contributed by atoms with van der Waals surface area (Å²) in [6.45, 7) is 7.31. The number of aryl methyl sites for hydroxylation is 2. The number of nitrogens with one attached hydrogen (secondary N) is 1. The fourth-order valence-electron chi connectivity index (χ4n) is 2.43. The van der Waals surface area contributed by atoms with Gasteiger partial charge in [-0.05, 0) is 51.7 Å². The van der Waals surface area contributed by atoms with Crippen molar-refractivity contribution in [3.63, 3.8) is 0 Å². The van der Waals surface area contributed by atoms with E-state index >= 15 is 0 Å². The molecular formula is C15H21N3OS. The second kappa shape index (κ2) is 5.30. The number of nitrogens with zero attached hydrogens (tertiary/aromatic N) is 2. The smallest absolute Gasteiger partial charge is 0.257 e. The topological polar surface area (TPSA) is 51.0 Å². The highest BCUT2D eigenvalue weighted by atomic mass is 32.1. The first-order chi connectivity index (χ1) is 9.51. The van der Waals surface area contributed by atoms with Crippen molar-refractivity contribution < 1.29 is 4.42 Å². The Morgan fingerprint density at radius 3 is 2.90 bits per heavy atom. The maximum atomic E-state index is 5.77. The van der Waals surface area contributed by atoms with Gasteiger partial charge in [-0.1, -0.05) is 0 Å². The van der Waals surface area contributed by atoms with Gasteiger partial charge in [-0.2, -0.15) is 0 Å². The van der Waals surface area contributed by atoms with Crippen LogP contribution in [0.15, 0.2) is 10.5 Å². The summed E-state index contributed by atoms with van der Waals surface area (Å²) in [5.41, 5.74) is 1.59. The second-order valence-corrected chi connectivity index (χ2v) is 7.48. The van der Waals surface area contributed by atoms with Crippen LogP contribution in [-0.2, 0) is 19.3 Å². The summed E-state index contributed by atoms with van der Waals surface area (Å²) in [6, 6.07) is 2.22. The van der Waals surface area contributed by atoms with E-state index in [1.165, 1.54) is 29.7 Å². The van der Waals surface area contributed by atoms with Gasteiger partial charge in [0, 0.05) is 23.4 Å². The normalized spacial score (nSPS) is 14.8. The lowest BCUT2D eigenvalue weighted by atomic mass is 10.1. The van der Waals surface area contributed by atoms with Crippen molar-refractivity contribution >= 4 is 11.3 Å². The minimum atomic E-state index is 0.122. The van der Waals surface area contributed by atoms with Crippen molar-refractivity contribution in [2.24, 2.45) is 0 Å². The highest BCUT2D eigenvalue weighted by Gasteiger charge is 2.18. The average Bonchev–Trinajstić information content (AvgIpc) is 2.99. The van der Waals surface area contributed by atoms with E-state index in [0.717, 1.165) is 17.8 Å². The SMILES string of the molecule is CC(C)(C)NCCc1nnc(-c2cc3c(s2)CCC3)o1. The molecule has 1 aliphatic rings. The fourth-order valence-corrected chi connectivity index (χ4v) is 3.61. The molecule has 0 saturated heterocycles. The zero-order valence-corrected chi connectivity index (χ0v) is 13.1. The molecule has 1 aliphatic carbocycles. The van der Waals surface area contributed by atoms with Gasteiger partial charge in [0.05, 0.1) is 4.88 Å². The molecule has 5 heteroatoms. The molecule has 1 N–H and O–H groups in total. The predicted molar refractivity (Wildman–Crippen MR) is 81.1 cm³/mol. The Morgan fingerprint density at radius 1 is 1.30 bits per heavy atom. The molecule has 0 fully saturated rings. The molecule has 0 aromatic carbocycles. The molecule has 3 rings (SSSR count). The first-order valence-electron chi connectivity index (χ1n) is 7.21. The summed E-state index contributed by atoms with van der Waals surface area (Å²) in [4.78, 5) is 2.62. The van der Waals surface area contributed by atoms with Crippen LogP contribution in [0.4, 0.5) is 0 Å². The third-order valence-electron chi connectivity index (χ3n) is 3.42. The van der Waals surface area contributed by atoms with Gasteiger partial charge < -0.3 is 9.73 Å². The molecule has 4 nitrogen and oxygen atoms in total. The molecule has 0 saturated carbocycles. The Bertz CT molecular complexity index is 573. The van der Waals surface area contributed by atoms with Gasteiger partial charge >= 0.3 is 0 Å². The van der Waals surface area contributed by atoms with Crippen LogP contribution >= 0.6 is 11.3 Å². The molecule has 0 spiro atoms. The fraction of sp³-hybridized carbons (Fsp3) is 0.600. The molecule has 0 unspecified atom stereocenters. The number of aromatic nitrogens is 2. The summed E-state index contributed by atoms with van der Waals surface area (Å²) >= 11 is 1.80. The van der Waals surface area contributed by atoms with E-state index in [9.17, 15) is 0 Å². The van der Waals surface area contributed by atoms with Crippen molar-refractivity contribution in [2.45, 2.75) is 52.0 Å². The summed E-state index contributed by atoms with van der Waals surface area (Å²) in [5.74, 6) is 1.39. The van der Waals surface area contributed by atoms with Crippen LogP contribution in [0.5, 0.6) is 0 Å². The minimum Gasteiger partial charge on any atom is -0.420 e. The molecule has 2 aromatic heterocycles. The molecule has 0 bridgehead atoms. The lowest BCUT2D eigenvalue weighted by Gasteiger charge is -2.19. The molecule has 0 radical (unpaired) electrons. The largest absolute Gasteiger partial charge is 0.420 e. The number of hydrogen-bond donors (Lipinski definition) is 1. The van der Waals surface area contributed by atoms with Gasteiger partial charge in [-0.3, -0.25) is 0 Å². The summed E-state index contributed by atoms with van der Waals surface area (Å²) in [7, 11) is 0. The van der Waals surface area contributed by atoms with Crippen LogP contribution in [0.1, 0.15) is 43.5 Å². The lowest BCUT2D eigenvalue weighted by Crippen LogP contribution is -2.37.